The zero-order valence-corrected chi connectivity index (χ0v) is 17.4. The number of carbonyl (C=O) groups excluding carboxylic acids is 2. The van der Waals surface area contributed by atoms with Crippen LogP contribution in [0.2, 0.25) is 0 Å². The van der Waals surface area contributed by atoms with E-state index in [0.717, 1.165) is 0 Å². The molecule has 2 aromatic carbocycles. The molecule has 0 aromatic heterocycles. The summed E-state index contributed by atoms with van der Waals surface area (Å²) >= 11 is 3.44. The van der Waals surface area contributed by atoms with E-state index in [4.69, 9.17) is 0 Å². The van der Waals surface area contributed by atoms with Crippen molar-refractivity contribution in [3.05, 3.63) is 68.7 Å². The lowest BCUT2D eigenvalue weighted by molar-refractivity contribution is -0.384. The molecule has 29 heavy (non-hydrogen) atoms. The fourth-order valence-electron chi connectivity index (χ4n) is 3.24. The van der Waals surface area contributed by atoms with Crippen LogP contribution in [0.15, 0.2) is 46.9 Å². The van der Waals surface area contributed by atoms with Crippen molar-refractivity contribution in [2.45, 2.75) is 6.92 Å². The van der Waals surface area contributed by atoms with E-state index in [1.165, 1.54) is 19.1 Å². The molecule has 0 unspecified atom stereocenters. The summed E-state index contributed by atoms with van der Waals surface area (Å²) in [7, 11) is 0. The first-order valence-corrected chi connectivity index (χ1v) is 9.84. The lowest BCUT2D eigenvalue weighted by atomic mass is 9.97. The van der Waals surface area contributed by atoms with Crippen LogP contribution in [0, 0.1) is 16.2 Å². The maximum atomic E-state index is 12.6. The zero-order chi connectivity index (χ0) is 21.0. The number of benzene rings is 2. The number of amides is 2. The molecule has 1 aliphatic heterocycles. The van der Waals surface area contributed by atoms with Crippen molar-refractivity contribution in [2.75, 3.05) is 26.2 Å². The van der Waals surface area contributed by atoms with E-state index >= 15 is 0 Å². The van der Waals surface area contributed by atoms with Gasteiger partial charge in [-0.1, -0.05) is 40.2 Å². The van der Waals surface area contributed by atoms with Gasteiger partial charge < -0.3 is 9.80 Å². The highest BCUT2D eigenvalue weighted by Gasteiger charge is 2.22. The molecule has 149 valence electrons. The molecule has 3 rings (SSSR count). The third-order valence-corrected chi connectivity index (χ3v) is 5.47. The predicted molar refractivity (Wildman–Crippen MR) is 113 cm³/mol. The molecule has 0 atom stereocenters. The van der Waals surface area contributed by atoms with E-state index in [1.807, 2.05) is 6.07 Å². The van der Waals surface area contributed by atoms with Crippen LogP contribution in [0.1, 0.15) is 12.5 Å². The third-order valence-electron chi connectivity index (χ3n) is 4.78. The Bertz CT molecular complexity index is 982. The maximum absolute atomic E-state index is 12.6. The fraction of sp³-hybridized carbons (Fsp3) is 0.238. The first-order chi connectivity index (χ1) is 13.9. The summed E-state index contributed by atoms with van der Waals surface area (Å²) in [5.41, 5.74) is 1.45. The van der Waals surface area contributed by atoms with Gasteiger partial charge in [-0.3, -0.25) is 19.7 Å². The zero-order valence-electron chi connectivity index (χ0n) is 15.8. The van der Waals surface area contributed by atoms with E-state index in [9.17, 15) is 19.7 Å². The van der Waals surface area contributed by atoms with Gasteiger partial charge in [-0.05, 0) is 23.8 Å². The minimum absolute atomic E-state index is 0.00133. The highest BCUT2D eigenvalue weighted by molar-refractivity contribution is 9.10. The number of hydrogen-bond acceptors (Lipinski definition) is 4. The van der Waals surface area contributed by atoms with Gasteiger partial charge in [-0.25, -0.2) is 0 Å². The monoisotopic (exact) mass is 456 g/mol. The summed E-state index contributed by atoms with van der Waals surface area (Å²) in [4.78, 5) is 38.4. The summed E-state index contributed by atoms with van der Waals surface area (Å²) in [6, 6.07) is 13.1. The van der Waals surface area contributed by atoms with Gasteiger partial charge in [0.15, 0.2) is 0 Å². The Morgan fingerprint density at radius 3 is 2.41 bits per heavy atom. The predicted octanol–water partition coefficient (Wildman–Crippen LogP) is 3.53. The Balaban J connectivity index is 1.89. The van der Waals surface area contributed by atoms with E-state index in [0.29, 0.717) is 47.3 Å². The second-order valence-electron chi connectivity index (χ2n) is 6.56. The molecule has 0 bridgehead atoms. The second kappa shape index (κ2) is 9.00. The van der Waals surface area contributed by atoms with Crippen molar-refractivity contribution in [3.63, 3.8) is 0 Å². The smallest absolute Gasteiger partial charge is 0.285 e. The molecule has 1 heterocycles. The van der Waals surface area contributed by atoms with Gasteiger partial charge in [0, 0.05) is 49.2 Å². The van der Waals surface area contributed by atoms with E-state index in [1.54, 1.807) is 40.1 Å². The van der Waals surface area contributed by atoms with Crippen molar-refractivity contribution in [2.24, 2.45) is 0 Å². The molecule has 1 radical (unpaired) electrons. The molecule has 0 saturated carbocycles. The molecule has 1 aliphatic rings. The van der Waals surface area contributed by atoms with Crippen LogP contribution < -0.4 is 0 Å². The minimum Gasteiger partial charge on any atom is -0.339 e. The first-order valence-electron chi connectivity index (χ1n) is 9.05. The summed E-state index contributed by atoms with van der Waals surface area (Å²) in [5, 5.41) is 11.6. The summed E-state index contributed by atoms with van der Waals surface area (Å²) in [6.07, 6.45) is 3.01. The van der Waals surface area contributed by atoms with Crippen molar-refractivity contribution in [3.8, 4) is 11.1 Å². The highest BCUT2D eigenvalue weighted by Crippen LogP contribution is 2.37. The lowest BCUT2D eigenvalue weighted by Crippen LogP contribution is -2.49. The number of nitrogens with zero attached hydrogens (tertiary/aromatic N) is 3. The number of hydrogen-bond donors (Lipinski definition) is 0. The highest BCUT2D eigenvalue weighted by atomic mass is 79.9. The van der Waals surface area contributed by atoms with Gasteiger partial charge in [-0.2, -0.15) is 0 Å². The molecule has 0 N–H and O–H groups in total. The van der Waals surface area contributed by atoms with Crippen LogP contribution in [0.25, 0.3) is 17.2 Å². The number of nitro benzene ring substituents is 1. The molecule has 8 heteroatoms. The lowest BCUT2D eigenvalue weighted by Gasteiger charge is -2.33. The maximum Gasteiger partial charge on any atom is 0.285 e. The summed E-state index contributed by atoms with van der Waals surface area (Å²) in [5.74, 6) is -0.194. The number of rotatable bonds is 4. The minimum atomic E-state index is -0.477. The molecule has 1 fully saturated rings. The number of piperazine rings is 1. The molecule has 2 aromatic rings. The first kappa shape index (κ1) is 20.7. The van der Waals surface area contributed by atoms with Crippen molar-refractivity contribution in [1.29, 1.82) is 0 Å². The fourth-order valence-corrected chi connectivity index (χ4v) is 3.72. The van der Waals surface area contributed by atoms with E-state index in [-0.39, 0.29) is 17.5 Å². The number of nitro groups is 1. The second-order valence-corrected chi connectivity index (χ2v) is 7.41. The van der Waals surface area contributed by atoms with Gasteiger partial charge in [0.25, 0.3) is 5.69 Å². The van der Waals surface area contributed by atoms with Crippen molar-refractivity contribution < 1.29 is 14.5 Å². The van der Waals surface area contributed by atoms with Gasteiger partial charge in [0.1, 0.15) is 0 Å². The average Bonchev–Trinajstić information content (AvgIpc) is 2.72. The van der Waals surface area contributed by atoms with Crippen LogP contribution in [0.5, 0.6) is 0 Å². The topological polar surface area (TPSA) is 83.8 Å². The van der Waals surface area contributed by atoms with Crippen LogP contribution >= 0.6 is 15.9 Å². The van der Waals surface area contributed by atoms with Crippen molar-refractivity contribution in [1.82, 2.24) is 9.80 Å². The Kier molecular flexibility index (Phi) is 6.43. The van der Waals surface area contributed by atoms with Gasteiger partial charge in [0.2, 0.25) is 11.8 Å². The largest absolute Gasteiger partial charge is 0.339 e. The van der Waals surface area contributed by atoms with Gasteiger partial charge >= 0.3 is 0 Å². The third kappa shape index (κ3) is 4.71. The van der Waals surface area contributed by atoms with E-state index in [2.05, 4.69) is 22.0 Å². The molecule has 2 amide bonds. The standard InChI is InChI=1S/C21H19BrN3O4/c1-15(26)23-11-13-24(14-12-23)20(27)10-9-16-5-4-8-19(25(28)29)21(16)17-6-2-3-7-18(17)22/h2-7,9-10H,11-14H2,1H3/b10-9+. The van der Waals surface area contributed by atoms with Gasteiger partial charge in [0.05, 0.1) is 16.6 Å². The van der Waals surface area contributed by atoms with Crippen molar-refractivity contribution >= 4 is 39.5 Å². The van der Waals surface area contributed by atoms with E-state index < -0.39 is 4.92 Å². The number of carbonyl (C=O) groups is 2. The SMILES string of the molecule is CC(=O)N1CCN(C(=O)/C=C/c2cc[c]c([N+](=O)[O-])c2-c2ccccc2Br)CC1. The molecule has 0 spiro atoms. The molecule has 7 nitrogen and oxygen atoms in total. The van der Waals surface area contributed by atoms with Crippen LogP contribution in [-0.2, 0) is 9.59 Å². The van der Waals surface area contributed by atoms with Gasteiger partial charge in [-0.15, -0.1) is 0 Å². The molecular weight excluding hydrogens is 438 g/mol. The summed E-state index contributed by atoms with van der Waals surface area (Å²) in [6.45, 7) is 3.44. The quantitative estimate of drug-likeness (QED) is 0.400. The molecular formula is C21H19BrN3O4. The Labute approximate surface area is 176 Å². The summed E-state index contributed by atoms with van der Waals surface area (Å²) < 4.78 is 0.712. The normalized spacial score (nSPS) is 14.3. The Morgan fingerprint density at radius 1 is 1.14 bits per heavy atom. The van der Waals surface area contributed by atoms with Crippen LogP contribution in [0.3, 0.4) is 0 Å². The number of halogens is 1. The molecule has 1 saturated heterocycles. The Morgan fingerprint density at radius 2 is 1.79 bits per heavy atom. The van der Waals surface area contributed by atoms with Crippen LogP contribution in [-0.4, -0.2) is 52.7 Å². The Hall–Kier alpha value is -3.00. The molecule has 0 aliphatic carbocycles. The average molecular weight is 457 g/mol. The van der Waals surface area contributed by atoms with Crippen LogP contribution in [0.4, 0.5) is 5.69 Å².